The molecule has 1 saturated heterocycles. The van der Waals surface area contributed by atoms with Crippen LogP contribution < -0.4 is 5.32 Å². The van der Waals surface area contributed by atoms with E-state index in [-0.39, 0.29) is 0 Å². The first kappa shape index (κ1) is 17.2. The van der Waals surface area contributed by atoms with Crippen molar-refractivity contribution < 1.29 is 9.47 Å². The first-order valence-electron chi connectivity index (χ1n) is 8.73. The van der Waals surface area contributed by atoms with Gasteiger partial charge in [-0.25, -0.2) is 0 Å². The SMILES string of the molecule is COCCOCCCN1CC(C(C)C)NCC12CCCC2. The smallest absolute Gasteiger partial charge is 0.0700 e. The lowest BCUT2D eigenvalue weighted by molar-refractivity contribution is 0.0184. The topological polar surface area (TPSA) is 33.7 Å². The standard InChI is InChI=1S/C17H34N2O2/c1-15(2)16-13-19(9-6-10-21-12-11-20-3)17(14-18-16)7-4-5-8-17/h15-16,18H,4-14H2,1-3H3. The summed E-state index contributed by atoms with van der Waals surface area (Å²) in [6, 6.07) is 0.644. The van der Waals surface area contributed by atoms with Gasteiger partial charge < -0.3 is 14.8 Å². The van der Waals surface area contributed by atoms with Crippen LogP contribution in [-0.4, -0.2) is 63.0 Å². The van der Waals surface area contributed by atoms with Crippen LogP contribution in [0.1, 0.15) is 46.0 Å². The molecule has 0 amide bonds. The summed E-state index contributed by atoms with van der Waals surface area (Å²) in [6.45, 7) is 10.5. The minimum Gasteiger partial charge on any atom is -0.382 e. The molecular formula is C17H34N2O2. The second-order valence-corrected chi connectivity index (χ2v) is 7.07. The molecule has 0 radical (unpaired) electrons. The van der Waals surface area contributed by atoms with Gasteiger partial charge in [0, 0.05) is 44.9 Å². The summed E-state index contributed by atoms with van der Waals surface area (Å²) in [5.41, 5.74) is 0.442. The molecular weight excluding hydrogens is 264 g/mol. The maximum Gasteiger partial charge on any atom is 0.0700 e. The summed E-state index contributed by atoms with van der Waals surface area (Å²) in [4.78, 5) is 2.78. The van der Waals surface area contributed by atoms with E-state index >= 15 is 0 Å². The normalized spacial score (nSPS) is 26.0. The number of piperazine rings is 1. The van der Waals surface area contributed by atoms with E-state index in [0.29, 0.717) is 24.1 Å². The number of methoxy groups -OCH3 is 1. The second-order valence-electron chi connectivity index (χ2n) is 7.07. The highest BCUT2D eigenvalue weighted by molar-refractivity contribution is 5.02. The predicted octanol–water partition coefficient (Wildman–Crippen LogP) is 2.28. The van der Waals surface area contributed by atoms with Gasteiger partial charge in [0.2, 0.25) is 0 Å². The van der Waals surface area contributed by atoms with Crippen LogP contribution in [0.25, 0.3) is 0 Å². The van der Waals surface area contributed by atoms with Crippen molar-refractivity contribution in [3.63, 3.8) is 0 Å². The number of ether oxygens (including phenoxy) is 2. The molecule has 21 heavy (non-hydrogen) atoms. The van der Waals surface area contributed by atoms with Crippen LogP contribution in [0.2, 0.25) is 0 Å². The largest absolute Gasteiger partial charge is 0.382 e. The van der Waals surface area contributed by atoms with Crippen LogP contribution in [0.4, 0.5) is 0 Å². The van der Waals surface area contributed by atoms with Crippen LogP contribution in [0.3, 0.4) is 0 Å². The molecule has 0 bridgehead atoms. The number of rotatable bonds is 8. The summed E-state index contributed by atoms with van der Waals surface area (Å²) >= 11 is 0. The van der Waals surface area contributed by atoms with Gasteiger partial charge in [0.25, 0.3) is 0 Å². The van der Waals surface area contributed by atoms with E-state index in [9.17, 15) is 0 Å². The molecule has 2 rings (SSSR count). The Morgan fingerprint density at radius 3 is 2.62 bits per heavy atom. The molecule has 0 aromatic carbocycles. The van der Waals surface area contributed by atoms with Crippen LogP contribution in [0.5, 0.6) is 0 Å². The monoisotopic (exact) mass is 298 g/mol. The van der Waals surface area contributed by atoms with Gasteiger partial charge in [0.05, 0.1) is 13.2 Å². The van der Waals surface area contributed by atoms with E-state index in [1.54, 1.807) is 7.11 Å². The Kier molecular flexibility index (Phi) is 6.93. The van der Waals surface area contributed by atoms with Crippen molar-refractivity contribution in [2.75, 3.05) is 46.6 Å². The molecule has 4 nitrogen and oxygen atoms in total. The van der Waals surface area contributed by atoms with E-state index in [4.69, 9.17) is 9.47 Å². The molecule has 1 aliphatic carbocycles. The zero-order valence-corrected chi connectivity index (χ0v) is 14.2. The number of nitrogens with one attached hydrogen (secondary N) is 1. The third-order valence-electron chi connectivity index (χ3n) is 5.27. The van der Waals surface area contributed by atoms with Crippen molar-refractivity contribution in [3.8, 4) is 0 Å². The van der Waals surface area contributed by atoms with Gasteiger partial charge >= 0.3 is 0 Å². The summed E-state index contributed by atoms with van der Waals surface area (Å²) in [5, 5.41) is 3.81. The van der Waals surface area contributed by atoms with Crippen molar-refractivity contribution in [2.24, 2.45) is 5.92 Å². The van der Waals surface area contributed by atoms with E-state index < -0.39 is 0 Å². The zero-order chi connectivity index (χ0) is 15.1. The molecule has 1 heterocycles. The lowest BCUT2D eigenvalue weighted by Gasteiger charge is -2.49. The molecule has 0 aromatic rings. The van der Waals surface area contributed by atoms with Crippen molar-refractivity contribution in [1.82, 2.24) is 10.2 Å². The molecule has 124 valence electrons. The minimum atomic E-state index is 0.442. The Hall–Kier alpha value is -0.160. The van der Waals surface area contributed by atoms with Gasteiger partial charge in [0.1, 0.15) is 0 Å². The van der Waals surface area contributed by atoms with E-state index in [2.05, 4.69) is 24.1 Å². The molecule has 1 aliphatic heterocycles. The molecule has 2 aliphatic rings. The molecule has 1 saturated carbocycles. The molecule has 2 fully saturated rings. The number of hydrogen-bond acceptors (Lipinski definition) is 4. The van der Waals surface area contributed by atoms with Gasteiger partial charge in [-0.2, -0.15) is 0 Å². The molecule has 1 unspecified atom stereocenters. The van der Waals surface area contributed by atoms with Crippen LogP contribution in [-0.2, 0) is 9.47 Å². The fourth-order valence-electron chi connectivity index (χ4n) is 3.83. The van der Waals surface area contributed by atoms with Crippen molar-refractivity contribution in [3.05, 3.63) is 0 Å². The Labute approximate surface area is 130 Å². The summed E-state index contributed by atoms with van der Waals surface area (Å²) in [5.74, 6) is 0.712. The first-order valence-corrected chi connectivity index (χ1v) is 8.73. The maximum absolute atomic E-state index is 5.62. The Bertz CT molecular complexity index is 291. The fourth-order valence-corrected chi connectivity index (χ4v) is 3.83. The van der Waals surface area contributed by atoms with Crippen molar-refractivity contribution in [2.45, 2.75) is 57.5 Å². The second kappa shape index (κ2) is 8.47. The summed E-state index contributed by atoms with van der Waals surface area (Å²) in [7, 11) is 1.72. The van der Waals surface area contributed by atoms with Crippen molar-refractivity contribution >= 4 is 0 Å². The third kappa shape index (κ3) is 4.65. The Morgan fingerprint density at radius 2 is 1.95 bits per heavy atom. The highest BCUT2D eigenvalue weighted by Gasteiger charge is 2.43. The van der Waals surface area contributed by atoms with Crippen LogP contribution in [0, 0.1) is 5.92 Å². The van der Waals surface area contributed by atoms with Crippen LogP contribution in [0.15, 0.2) is 0 Å². The first-order chi connectivity index (χ1) is 10.2. The molecule has 1 atom stereocenters. The minimum absolute atomic E-state index is 0.442. The van der Waals surface area contributed by atoms with Gasteiger partial charge in [-0.05, 0) is 25.2 Å². The molecule has 0 aromatic heterocycles. The lowest BCUT2D eigenvalue weighted by atomic mass is 9.88. The van der Waals surface area contributed by atoms with E-state index in [1.807, 2.05) is 0 Å². The molecule has 1 spiro atoms. The predicted molar refractivity (Wildman–Crippen MR) is 86.7 cm³/mol. The number of hydrogen-bond donors (Lipinski definition) is 1. The Balaban J connectivity index is 1.79. The van der Waals surface area contributed by atoms with E-state index in [1.165, 1.54) is 45.3 Å². The molecule has 1 N–H and O–H groups in total. The third-order valence-corrected chi connectivity index (χ3v) is 5.27. The average Bonchev–Trinajstić information content (AvgIpc) is 2.93. The van der Waals surface area contributed by atoms with Crippen molar-refractivity contribution in [1.29, 1.82) is 0 Å². The van der Waals surface area contributed by atoms with Crippen LogP contribution >= 0.6 is 0 Å². The highest BCUT2D eigenvalue weighted by atomic mass is 16.5. The lowest BCUT2D eigenvalue weighted by Crippen LogP contribution is -2.64. The van der Waals surface area contributed by atoms with Gasteiger partial charge in [0.15, 0.2) is 0 Å². The Morgan fingerprint density at radius 1 is 1.19 bits per heavy atom. The quantitative estimate of drug-likeness (QED) is 0.697. The highest BCUT2D eigenvalue weighted by Crippen LogP contribution is 2.37. The summed E-state index contributed by atoms with van der Waals surface area (Å²) < 4.78 is 10.6. The molecule has 4 heteroatoms. The van der Waals surface area contributed by atoms with Gasteiger partial charge in [-0.1, -0.05) is 26.7 Å². The van der Waals surface area contributed by atoms with Gasteiger partial charge in [-0.3, -0.25) is 4.90 Å². The maximum atomic E-state index is 5.62. The number of nitrogens with zero attached hydrogens (tertiary/aromatic N) is 1. The van der Waals surface area contributed by atoms with E-state index in [0.717, 1.165) is 19.6 Å². The summed E-state index contributed by atoms with van der Waals surface area (Å²) in [6.07, 6.45) is 6.67. The average molecular weight is 298 g/mol. The zero-order valence-electron chi connectivity index (χ0n) is 14.2. The fraction of sp³-hybridized carbons (Fsp3) is 1.00. The van der Waals surface area contributed by atoms with Gasteiger partial charge in [-0.15, -0.1) is 0 Å².